The van der Waals surface area contributed by atoms with Gasteiger partial charge < -0.3 is 0 Å². The fourth-order valence-corrected chi connectivity index (χ4v) is 1.32. The molecule has 0 bridgehead atoms. The van der Waals surface area contributed by atoms with Gasteiger partial charge >= 0.3 is 0 Å². The number of halogens is 1. The predicted octanol–water partition coefficient (Wildman–Crippen LogP) is 3.16. The van der Waals surface area contributed by atoms with Crippen LogP contribution >= 0.6 is 11.6 Å². The Bertz CT molecular complexity index is 388. The number of alkyl halides is 1. The highest BCUT2D eigenvalue weighted by atomic mass is 35.5. The summed E-state index contributed by atoms with van der Waals surface area (Å²) in [6, 6.07) is 4.67. The normalized spacial score (nSPS) is 9.86. The van der Waals surface area contributed by atoms with Gasteiger partial charge in [0.05, 0.1) is 4.92 Å². The summed E-state index contributed by atoms with van der Waals surface area (Å²) in [6.45, 7) is 5.62. The molecule has 0 spiro atoms. The van der Waals surface area contributed by atoms with Crippen LogP contribution in [0.2, 0.25) is 0 Å². The van der Waals surface area contributed by atoms with E-state index in [0.29, 0.717) is 5.57 Å². The third-order valence-corrected chi connectivity index (χ3v) is 2.30. The highest BCUT2D eigenvalue weighted by Crippen LogP contribution is 2.23. The van der Waals surface area contributed by atoms with Gasteiger partial charge in [0.2, 0.25) is 0 Å². The number of nitro benzene ring substituents is 1. The maximum absolute atomic E-state index is 10.5. The monoisotopic (exact) mass is 211 g/mol. The molecule has 0 radical (unpaired) electrons. The molecular weight excluding hydrogens is 202 g/mol. The standard InChI is InChI=1S/C10H10ClNO2/c1-7-3-4-9(12(13)14)5-10(7)8(2)6-11/h3-5H,2,6H2,1H3. The Morgan fingerprint density at radius 3 is 2.79 bits per heavy atom. The Kier molecular flexibility index (Phi) is 3.25. The molecule has 0 saturated carbocycles. The third-order valence-electron chi connectivity index (χ3n) is 1.97. The summed E-state index contributed by atoms with van der Waals surface area (Å²) in [5.74, 6) is 0.280. The summed E-state index contributed by atoms with van der Waals surface area (Å²) >= 11 is 5.62. The number of benzene rings is 1. The van der Waals surface area contributed by atoms with Crippen molar-refractivity contribution in [3.8, 4) is 0 Å². The number of hydrogen-bond donors (Lipinski definition) is 0. The smallest absolute Gasteiger partial charge is 0.258 e. The van der Waals surface area contributed by atoms with Crippen molar-refractivity contribution in [3.63, 3.8) is 0 Å². The van der Waals surface area contributed by atoms with Crippen molar-refractivity contribution in [2.45, 2.75) is 6.92 Å². The van der Waals surface area contributed by atoms with E-state index in [-0.39, 0.29) is 11.6 Å². The molecule has 4 heteroatoms. The van der Waals surface area contributed by atoms with Crippen LogP contribution in [0.1, 0.15) is 11.1 Å². The number of non-ortho nitro benzene ring substituents is 1. The number of rotatable bonds is 3. The average Bonchev–Trinajstić information content (AvgIpc) is 2.17. The fourth-order valence-electron chi connectivity index (χ4n) is 1.18. The summed E-state index contributed by atoms with van der Waals surface area (Å²) in [5, 5.41) is 10.5. The minimum Gasteiger partial charge on any atom is -0.258 e. The molecule has 0 unspecified atom stereocenters. The molecular formula is C10H10ClNO2. The molecule has 14 heavy (non-hydrogen) atoms. The SMILES string of the molecule is C=C(CCl)c1cc([N+](=O)[O-])ccc1C. The zero-order valence-corrected chi connectivity index (χ0v) is 8.54. The largest absolute Gasteiger partial charge is 0.270 e. The lowest BCUT2D eigenvalue weighted by Crippen LogP contribution is -1.93. The summed E-state index contributed by atoms with van der Waals surface area (Å²) in [4.78, 5) is 10.1. The summed E-state index contributed by atoms with van der Waals surface area (Å²) in [5.41, 5.74) is 2.47. The van der Waals surface area contributed by atoms with E-state index in [0.717, 1.165) is 11.1 Å². The zero-order chi connectivity index (χ0) is 10.7. The van der Waals surface area contributed by atoms with Crippen molar-refractivity contribution in [2.24, 2.45) is 0 Å². The maximum Gasteiger partial charge on any atom is 0.270 e. The van der Waals surface area contributed by atoms with E-state index >= 15 is 0 Å². The van der Waals surface area contributed by atoms with E-state index in [1.54, 1.807) is 6.07 Å². The molecule has 1 aromatic rings. The van der Waals surface area contributed by atoms with Gasteiger partial charge in [0.1, 0.15) is 0 Å². The Morgan fingerprint density at radius 1 is 1.64 bits per heavy atom. The first-order valence-electron chi connectivity index (χ1n) is 4.05. The molecule has 74 valence electrons. The fraction of sp³-hybridized carbons (Fsp3) is 0.200. The minimum atomic E-state index is -0.426. The van der Waals surface area contributed by atoms with E-state index < -0.39 is 4.92 Å². The first-order valence-corrected chi connectivity index (χ1v) is 4.59. The third kappa shape index (κ3) is 2.12. The van der Waals surface area contributed by atoms with Crippen LogP contribution in [0.15, 0.2) is 24.8 Å². The van der Waals surface area contributed by atoms with Crippen molar-refractivity contribution < 1.29 is 4.92 Å². The van der Waals surface area contributed by atoms with Gasteiger partial charge in [-0.05, 0) is 23.6 Å². The average molecular weight is 212 g/mol. The second-order valence-electron chi connectivity index (χ2n) is 2.99. The Labute approximate surface area is 87.2 Å². The van der Waals surface area contributed by atoms with E-state index in [9.17, 15) is 10.1 Å². The lowest BCUT2D eigenvalue weighted by Gasteiger charge is -2.05. The first-order chi connectivity index (χ1) is 6.56. The molecule has 3 nitrogen and oxygen atoms in total. The second kappa shape index (κ2) is 4.24. The van der Waals surface area contributed by atoms with Gasteiger partial charge in [-0.2, -0.15) is 0 Å². The van der Waals surface area contributed by atoms with Gasteiger partial charge in [-0.25, -0.2) is 0 Å². The molecule has 0 fully saturated rings. The number of allylic oxidation sites excluding steroid dienone is 1. The summed E-state index contributed by atoms with van der Waals surface area (Å²) in [6.07, 6.45) is 0. The van der Waals surface area contributed by atoms with Crippen molar-refractivity contribution in [3.05, 3.63) is 46.0 Å². The number of hydrogen-bond acceptors (Lipinski definition) is 2. The molecule has 0 amide bonds. The number of nitrogens with zero attached hydrogens (tertiary/aromatic N) is 1. The van der Waals surface area contributed by atoms with E-state index in [1.165, 1.54) is 12.1 Å². The van der Waals surface area contributed by atoms with Gasteiger partial charge in [0.25, 0.3) is 5.69 Å². The zero-order valence-electron chi connectivity index (χ0n) is 7.79. The van der Waals surface area contributed by atoms with Crippen LogP contribution in [-0.4, -0.2) is 10.8 Å². The van der Waals surface area contributed by atoms with Gasteiger partial charge in [-0.3, -0.25) is 10.1 Å². The molecule has 0 aliphatic rings. The Balaban J connectivity index is 3.21. The van der Waals surface area contributed by atoms with Gasteiger partial charge in [-0.15, -0.1) is 11.6 Å². The van der Waals surface area contributed by atoms with Crippen LogP contribution in [-0.2, 0) is 0 Å². The number of nitro groups is 1. The van der Waals surface area contributed by atoms with E-state index in [2.05, 4.69) is 6.58 Å². The van der Waals surface area contributed by atoms with E-state index in [1.807, 2.05) is 6.92 Å². The van der Waals surface area contributed by atoms with Crippen molar-refractivity contribution >= 4 is 22.9 Å². The summed E-state index contributed by atoms with van der Waals surface area (Å²) < 4.78 is 0. The van der Waals surface area contributed by atoms with Crippen LogP contribution < -0.4 is 0 Å². The van der Waals surface area contributed by atoms with Gasteiger partial charge in [-0.1, -0.05) is 12.6 Å². The van der Waals surface area contributed by atoms with E-state index in [4.69, 9.17) is 11.6 Å². The topological polar surface area (TPSA) is 43.1 Å². The minimum absolute atomic E-state index is 0.0665. The molecule has 1 rings (SSSR count). The Hall–Kier alpha value is -1.35. The van der Waals surface area contributed by atoms with Crippen LogP contribution in [0.4, 0.5) is 5.69 Å². The van der Waals surface area contributed by atoms with Crippen LogP contribution in [0.3, 0.4) is 0 Å². The summed E-state index contributed by atoms with van der Waals surface area (Å²) in [7, 11) is 0. The van der Waals surface area contributed by atoms with Crippen LogP contribution in [0.25, 0.3) is 5.57 Å². The highest BCUT2D eigenvalue weighted by Gasteiger charge is 2.09. The van der Waals surface area contributed by atoms with Gasteiger partial charge in [0, 0.05) is 18.0 Å². The lowest BCUT2D eigenvalue weighted by atomic mass is 10.0. The predicted molar refractivity (Wildman–Crippen MR) is 57.6 cm³/mol. The van der Waals surface area contributed by atoms with Crippen molar-refractivity contribution in [1.82, 2.24) is 0 Å². The molecule has 0 aliphatic heterocycles. The van der Waals surface area contributed by atoms with Crippen LogP contribution in [0, 0.1) is 17.0 Å². The van der Waals surface area contributed by atoms with Gasteiger partial charge in [0.15, 0.2) is 0 Å². The lowest BCUT2D eigenvalue weighted by molar-refractivity contribution is -0.384. The second-order valence-corrected chi connectivity index (χ2v) is 3.26. The maximum atomic E-state index is 10.5. The molecule has 0 aromatic heterocycles. The van der Waals surface area contributed by atoms with Crippen molar-refractivity contribution in [2.75, 3.05) is 5.88 Å². The number of aryl methyl sites for hydroxylation is 1. The first kappa shape index (κ1) is 10.7. The molecule has 1 aromatic carbocycles. The molecule has 0 atom stereocenters. The molecule has 0 N–H and O–H groups in total. The highest BCUT2D eigenvalue weighted by molar-refractivity contribution is 6.23. The molecule has 0 aliphatic carbocycles. The van der Waals surface area contributed by atoms with Crippen molar-refractivity contribution in [1.29, 1.82) is 0 Å². The Morgan fingerprint density at radius 2 is 2.29 bits per heavy atom. The quantitative estimate of drug-likeness (QED) is 0.438. The molecule has 0 saturated heterocycles. The van der Waals surface area contributed by atoms with Crippen LogP contribution in [0.5, 0.6) is 0 Å². The molecule has 0 heterocycles.